The number of aryl methyl sites for hydroxylation is 1. The van der Waals surface area contributed by atoms with E-state index in [1.54, 1.807) is 6.92 Å². The van der Waals surface area contributed by atoms with Gasteiger partial charge in [0.15, 0.2) is 5.16 Å². The molecule has 0 fully saturated rings. The van der Waals surface area contributed by atoms with Gasteiger partial charge in [0, 0.05) is 11.8 Å². The molecule has 6 heteroatoms. The molecule has 0 aliphatic rings. The zero-order valence-electron chi connectivity index (χ0n) is 9.90. The summed E-state index contributed by atoms with van der Waals surface area (Å²) in [5, 5.41) is 8.75. The summed E-state index contributed by atoms with van der Waals surface area (Å²) in [6, 6.07) is 1.45. The first kappa shape index (κ1) is 13.8. The average Bonchev–Trinajstić information content (AvgIpc) is 2.25. The smallest absolute Gasteiger partial charge is 0.317 e. The molecule has 0 saturated carbocycles. The summed E-state index contributed by atoms with van der Waals surface area (Å²) in [7, 11) is 0. The molecule has 1 rings (SSSR count). The molecule has 5 nitrogen and oxygen atoms in total. The Kier molecular flexibility index (Phi) is 5.21. The fourth-order valence-electron chi connectivity index (χ4n) is 1.37. The van der Waals surface area contributed by atoms with Crippen molar-refractivity contribution in [3.8, 4) is 0 Å². The molecule has 0 radical (unpaired) electrons. The number of carboxylic acid groups (broad SMARTS) is 1. The first-order valence-electron chi connectivity index (χ1n) is 5.56. The fourth-order valence-corrected chi connectivity index (χ4v) is 2.23. The number of nitrogens with zero attached hydrogens (tertiary/aromatic N) is 1. The maximum atomic E-state index is 11.4. The van der Waals surface area contributed by atoms with Crippen LogP contribution in [-0.4, -0.2) is 26.3 Å². The summed E-state index contributed by atoms with van der Waals surface area (Å²) >= 11 is 1.08. The van der Waals surface area contributed by atoms with Gasteiger partial charge in [-0.05, 0) is 12.8 Å². The number of aromatic nitrogens is 2. The lowest BCUT2D eigenvalue weighted by molar-refractivity contribution is -0.136. The zero-order chi connectivity index (χ0) is 12.8. The molecule has 94 valence electrons. The van der Waals surface area contributed by atoms with Crippen LogP contribution in [0, 0.1) is 0 Å². The van der Waals surface area contributed by atoms with Crippen LogP contribution in [0.1, 0.15) is 32.4 Å². The number of carbonyl (C=O) groups is 1. The maximum Gasteiger partial charge on any atom is 0.317 e. The summed E-state index contributed by atoms with van der Waals surface area (Å²) in [6.45, 7) is 3.79. The van der Waals surface area contributed by atoms with Crippen molar-refractivity contribution in [3.63, 3.8) is 0 Å². The molecular formula is C11H16N2O3S. The van der Waals surface area contributed by atoms with Crippen LogP contribution >= 0.6 is 11.8 Å². The third-order valence-corrected chi connectivity index (χ3v) is 3.42. The van der Waals surface area contributed by atoms with Gasteiger partial charge in [-0.2, -0.15) is 0 Å². The molecule has 1 atom stereocenters. The number of carboxylic acids is 1. The van der Waals surface area contributed by atoms with Crippen LogP contribution in [0.5, 0.6) is 0 Å². The molecule has 1 aromatic heterocycles. The number of thioether (sulfide) groups is 1. The Morgan fingerprint density at radius 3 is 2.82 bits per heavy atom. The van der Waals surface area contributed by atoms with E-state index in [9.17, 15) is 9.59 Å². The molecule has 0 spiro atoms. The van der Waals surface area contributed by atoms with E-state index in [-0.39, 0.29) is 5.56 Å². The van der Waals surface area contributed by atoms with Crippen molar-refractivity contribution in [1.82, 2.24) is 9.97 Å². The molecule has 0 amide bonds. The third-order valence-electron chi connectivity index (χ3n) is 2.18. The van der Waals surface area contributed by atoms with Crippen molar-refractivity contribution in [1.29, 1.82) is 0 Å². The van der Waals surface area contributed by atoms with Gasteiger partial charge in [-0.15, -0.1) is 0 Å². The first-order valence-corrected chi connectivity index (χ1v) is 6.44. The highest BCUT2D eigenvalue weighted by Crippen LogP contribution is 2.21. The van der Waals surface area contributed by atoms with Gasteiger partial charge < -0.3 is 10.1 Å². The normalized spacial score (nSPS) is 12.4. The second-order valence-corrected chi connectivity index (χ2v) is 4.84. The number of aliphatic carboxylic acids is 1. The van der Waals surface area contributed by atoms with E-state index in [1.165, 1.54) is 6.07 Å². The Bertz CT molecular complexity index is 445. The maximum absolute atomic E-state index is 11.4. The summed E-state index contributed by atoms with van der Waals surface area (Å²) in [5.41, 5.74) is 0.477. The van der Waals surface area contributed by atoms with Crippen molar-refractivity contribution in [3.05, 3.63) is 22.1 Å². The number of H-pyrrole nitrogens is 1. The van der Waals surface area contributed by atoms with Crippen molar-refractivity contribution >= 4 is 17.7 Å². The zero-order valence-corrected chi connectivity index (χ0v) is 10.7. The lowest BCUT2D eigenvalue weighted by atomic mass is 10.2. The highest BCUT2D eigenvalue weighted by molar-refractivity contribution is 8.00. The second-order valence-electron chi connectivity index (χ2n) is 3.64. The third kappa shape index (κ3) is 4.22. The monoisotopic (exact) mass is 256 g/mol. The molecule has 1 heterocycles. The van der Waals surface area contributed by atoms with E-state index in [0.717, 1.165) is 24.6 Å². The van der Waals surface area contributed by atoms with Crippen LogP contribution in [0.25, 0.3) is 0 Å². The van der Waals surface area contributed by atoms with Crippen LogP contribution in [0.15, 0.2) is 16.0 Å². The summed E-state index contributed by atoms with van der Waals surface area (Å²) < 4.78 is 0. The highest BCUT2D eigenvalue weighted by atomic mass is 32.2. The molecule has 2 N–H and O–H groups in total. The SMILES string of the molecule is CCCc1cc(=O)[nH]c(SC(CC)C(=O)O)n1. The van der Waals surface area contributed by atoms with Crippen molar-refractivity contribution in [2.24, 2.45) is 0 Å². The largest absolute Gasteiger partial charge is 0.480 e. The van der Waals surface area contributed by atoms with Crippen LogP contribution in [0.2, 0.25) is 0 Å². The van der Waals surface area contributed by atoms with E-state index in [2.05, 4.69) is 9.97 Å². The van der Waals surface area contributed by atoms with Gasteiger partial charge in [0.25, 0.3) is 5.56 Å². The van der Waals surface area contributed by atoms with Gasteiger partial charge in [-0.1, -0.05) is 32.0 Å². The minimum absolute atomic E-state index is 0.230. The summed E-state index contributed by atoms with van der Waals surface area (Å²) in [6.07, 6.45) is 2.11. The molecule has 17 heavy (non-hydrogen) atoms. The number of nitrogens with one attached hydrogen (secondary N) is 1. The van der Waals surface area contributed by atoms with E-state index < -0.39 is 11.2 Å². The number of rotatable bonds is 6. The number of aromatic amines is 1. The Morgan fingerprint density at radius 1 is 1.59 bits per heavy atom. The predicted molar refractivity (Wildman–Crippen MR) is 66.4 cm³/mol. The van der Waals surface area contributed by atoms with Crippen LogP contribution < -0.4 is 5.56 Å². The molecule has 0 saturated heterocycles. The molecule has 1 aromatic rings. The van der Waals surface area contributed by atoms with E-state index in [4.69, 9.17) is 5.11 Å². The molecule has 0 bridgehead atoms. The van der Waals surface area contributed by atoms with E-state index in [1.807, 2.05) is 6.92 Å². The molecular weight excluding hydrogens is 240 g/mol. The minimum Gasteiger partial charge on any atom is -0.480 e. The van der Waals surface area contributed by atoms with Crippen molar-refractivity contribution in [2.45, 2.75) is 43.5 Å². The van der Waals surface area contributed by atoms with Crippen LogP contribution in [0.3, 0.4) is 0 Å². The van der Waals surface area contributed by atoms with Gasteiger partial charge in [-0.3, -0.25) is 9.59 Å². The van der Waals surface area contributed by atoms with Gasteiger partial charge in [0.05, 0.1) is 0 Å². The summed E-state index contributed by atoms with van der Waals surface area (Å²) in [5.74, 6) is -0.888. The predicted octanol–water partition coefficient (Wildman–Crippen LogP) is 1.68. The Balaban J connectivity index is 2.90. The Morgan fingerprint density at radius 2 is 2.29 bits per heavy atom. The second kappa shape index (κ2) is 6.44. The van der Waals surface area contributed by atoms with Crippen LogP contribution in [-0.2, 0) is 11.2 Å². The van der Waals surface area contributed by atoms with Gasteiger partial charge in [0.2, 0.25) is 0 Å². The highest BCUT2D eigenvalue weighted by Gasteiger charge is 2.18. The molecule has 0 aliphatic carbocycles. The standard InChI is InChI=1S/C11H16N2O3S/c1-3-5-7-6-9(14)13-11(12-7)17-8(4-2)10(15)16/h6,8H,3-5H2,1-2H3,(H,15,16)(H,12,13,14). The van der Waals surface area contributed by atoms with E-state index >= 15 is 0 Å². The quantitative estimate of drug-likeness (QED) is 0.597. The minimum atomic E-state index is -0.888. The number of hydrogen-bond donors (Lipinski definition) is 2. The first-order chi connectivity index (χ1) is 8.06. The molecule has 0 aliphatic heterocycles. The van der Waals surface area contributed by atoms with Crippen LogP contribution in [0.4, 0.5) is 0 Å². The lowest BCUT2D eigenvalue weighted by Crippen LogP contribution is -2.17. The Labute approximate surface area is 104 Å². The van der Waals surface area contributed by atoms with Gasteiger partial charge in [0.1, 0.15) is 5.25 Å². The average molecular weight is 256 g/mol. The van der Waals surface area contributed by atoms with Crippen molar-refractivity contribution < 1.29 is 9.90 Å². The lowest BCUT2D eigenvalue weighted by Gasteiger charge is -2.08. The molecule has 0 aromatic carbocycles. The Hall–Kier alpha value is -1.30. The van der Waals surface area contributed by atoms with Gasteiger partial charge in [-0.25, -0.2) is 4.98 Å². The molecule has 1 unspecified atom stereocenters. The fraction of sp³-hybridized carbons (Fsp3) is 0.545. The summed E-state index contributed by atoms with van der Waals surface area (Å²) in [4.78, 5) is 29.1. The number of hydrogen-bond acceptors (Lipinski definition) is 4. The topological polar surface area (TPSA) is 83.0 Å². The van der Waals surface area contributed by atoms with E-state index in [0.29, 0.717) is 17.3 Å². The van der Waals surface area contributed by atoms with Crippen molar-refractivity contribution in [2.75, 3.05) is 0 Å². The van der Waals surface area contributed by atoms with Gasteiger partial charge >= 0.3 is 5.97 Å².